The van der Waals surface area contributed by atoms with Crippen LogP contribution >= 0.6 is 15.9 Å². The van der Waals surface area contributed by atoms with Gasteiger partial charge in [-0.25, -0.2) is 9.69 Å². The summed E-state index contributed by atoms with van der Waals surface area (Å²) in [6, 6.07) is 13.4. The van der Waals surface area contributed by atoms with Crippen molar-refractivity contribution in [2.24, 2.45) is 0 Å². The van der Waals surface area contributed by atoms with Crippen LogP contribution in [-0.4, -0.2) is 17.6 Å². The first-order valence-corrected chi connectivity index (χ1v) is 9.95. The van der Waals surface area contributed by atoms with Crippen molar-refractivity contribution in [1.82, 2.24) is 0 Å². The molecule has 4 nitrogen and oxygen atoms in total. The van der Waals surface area contributed by atoms with Crippen LogP contribution in [0.15, 0.2) is 59.6 Å². The number of imide groups is 1. The van der Waals surface area contributed by atoms with Crippen LogP contribution in [0.25, 0.3) is 0 Å². The summed E-state index contributed by atoms with van der Waals surface area (Å²) in [5.41, 5.74) is 1.45. The molecule has 1 heterocycles. The number of hydrogen-bond donors (Lipinski definition) is 0. The van der Waals surface area contributed by atoms with Gasteiger partial charge >= 0.3 is 6.09 Å². The maximum Gasteiger partial charge on any atom is 0.421 e. The van der Waals surface area contributed by atoms with E-state index in [0.717, 1.165) is 21.2 Å². The van der Waals surface area contributed by atoms with Gasteiger partial charge in [-0.3, -0.25) is 4.79 Å². The van der Waals surface area contributed by atoms with Crippen LogP contribution in [0.1, 0.15) is 43.9 Å². The molecule has 0 fully saturated rings. The zero-order chi connectivity index (χ0) is 20.7. The molecule has 2 aromatic carbocycles. The number of rotatable bonds is 3. The summed E-state index contributed by atoms with van der Waals surface area (Å²) < 4.78 is 6.34. The highest BCUT2D eigenvalue weighted by atomic mass is 79.9. The standard InChI is InChI=1S/C23H24BrNO3/c1-6-13-23(17-10-8-7-9-15(17)2)18-12-11-16(24)14-19(18)25(20(23)26)21(27)28-22(3,4)5/h6-12,14H,1,13H2,2-5H3/t23-/m1/s1. The Morgan fingerprint density at radius 1 is 1.21 bits per heavy atom. The molecule has 0 radical (unpaired) electrons. The Morgan fingerprint density at radius 3 is 2.50 bits per heavy atom. The highest BCUT2D eigenvalue weighted by molar-refractivity contribution is 9.10. The first kappa shape index (κ1) is 20.3. The summed E-state index contributed by atoms with van der Waals surface area (Å²) in [6.45, 7) is 11.2. The van der Waals surface area contributed by atoms with Gasteiger partial charge in [0.1, 0.15) is 11.0 Å². The highest BCUT2D eigenvalue weighted by Crippen LogP contribution is 2.50. The van der Waals surface area contributed by atoms with Gasteiger partial charge in [0.05, 0.1) is 5.69 Å². The number of hydrogen-bond acceptors (Lipinski definition) is 3. The van der Waals surface area contributed by atoms with Crippen LogP contribution in [-0.2, 0) is 14.9 Å². The molecular formula is C23H24BrNO3. The number of amides is 2. The summed E-state index contributed by atoms with van der Waals surface area (Å²) in [4.78, 5) is 28.0. The number of halogens is 1. The van der Waals surface area contributed by atoms with Gasteiger partial charge in [0, 0.05) is 4.47 Å². The van der Waals surface area contributed by atoms with Crippen LogP contribution in [0.5, 0.6) is 0 Å². The van der Waals surface area contributed by atoms with Crippen LogP contribution in [0.4, 0.5) is 10.5 Å². The van der Waals surface area contributed by atoms with E-state index in [1.807, 2.05) is 43.3 Å². The number of anilines is 1. The van der Waals surface area contributed by atoms with E-state index in [2.05, 4.69) is 22.5 Å². The fourth-order valence-corrected chi connectivity index (χ4v) is 4.14. The summed E-state index contributed by atoms with van der Waals surface area (Å²) in [6.07, 6.45) is 1.44. The molecule has 28 heavy (non-hydrogen) atoms. The Balaban J connectivity index is 2.28. The topological polar surface area (TPSA) is 46.6 Å². The van der Waals surface area contributed by atoms with E-state index in [1.54, 1.807) is 32.9 Å². The second kappa shape index (κ2) is 7.21. The normalized spacial score (nSPS) is 18.8. The van der Waals surface area contributed by atoms with E-state index in [0.29, 0.717) is 12.1 Å². The fraction of sp³-hybridized carbons (Fsp3) is 0.304. The van der Waals surface area contributed by atoms with E-state index < -0.39 is 17.1 Å². The minimum Gasteiger partial charge on any atom is -0.443 e. The number of fused-ring (bicyclic) bond motifs is 1. The second-order valence-electron chi connectivity index (χ2n) is 8.00. The number of benzene rings is 2. The number of carbonyl (C=O) groups excluding carboxylic acids is 2. The average Bonchev–Trinajstić information content (AvgIpc) is 2.82. The lowest BCUT2D eigenvalue weighted by atomic mass is 9.71. The Labute approximate surface area is 174 Å². The molecule has 2 amide bonds. The van der Waals surface area contributed by atoms with Crippen LogP contribution in [0.2, 0.25) is 0 Å². The van der Waals surface area contributed by atoms with E-state index in [-0.39, 0.29) is 5.91 Å². The Hall–Kier alpha value is -2.40. The average molecular weight is 442 g/mol. The van der Waals surface area contributed by atoms with Crippen molar-refractivity contribution in [1.29, 1.82) is 0 Å². The maximum atomic E-state index is 13.8. The van der Waals surface area contributed by atoms with E-state index in [4.69, 9.17) is 4.74 Å². The number of carbonyl (C=O) groups is 2. The summed E-state index contributed by atoms with van der Waals surface area (Å²) in [5.74, 6) is -0.316. The summed E-state index contributed by atoms with van der Waals surface area (Å²) in [7, 11) is 0. The van der Waals surface area contributed by atoms with Gasteiger partial charge in [0.2, 0.25) is 0 Å². The van der Waals surface area contributed by atoms with Crippen molar-refractivity contribution in [2.75, 3.05) is 4.90 Å². The van der Waals surface area contributed by atoms with Crippen LogP contribution in [0.3, 0.4) is 0 Å². The van der Waals surface area contributed by atoms with Crippen LogP contribution < -0.4 is 4.90 Å². The second-order valence-corrected chi connectivity index (χ2v) is 8.91. The lowest BCUT2D eigenvalue weighted by Crippen LogP contribution is -2.46. The van der Waals surface area contributed by atoms with Gasteiger partial charge in [-0.1, -0.05) is 52.3 Å². The third kappa shape index (κ3) is 3.28. The molecule has 0 bridgehead atoms. The zero-order valence-electron chi connectivity index (χ0n) is 16.6. The Morgan fingerprint density at radius 2 is 1.89 bits per heavy atom. The predicted octanol–water partition coefficient (Wildman–Crippen LogP) is 5.90. The number of aryl methyl sites for hydroxylation is 1. The van der Waals surface area contributed by atoms with Gasteiger partial charge in [-0.2, -0.15) is 0 Å². The molecule has 1 aliphatic heterocycles. The van der Waals surface area contributed by atoms with Crippen molar-refractivity contribution in [3.63, 3.8) is 0 Å². The van der Waals surface area contributed by atoms with Gasteiger partial charge in [-0.15, -0.1) is 6.58 Å². The molecule has 5 heteroatoms. The Bertz CT molecular complexity index is 961. The Kier molecular flexibility index (Phi) is 5.24. The number of nitrogens with zero attached hydrogens (tertiary/aromatic N) is 1. The zero-order valence-corrected chi connectivity index (χ0v) is 18.2. The first-order chi connectivity index (χ1) is 13.1. The molecule has 0 aromatic heterocycles. The lowest BCUT2D eigenvalue weighted by Gasteiger charge is -2.30. The predicted molar refractivity (Wildman–Crippen MR) is 115 cm³/mol. The van der Waals surface area contributed by atoms with Gasteiger partial charge in [-0.05, 0) is 62.9 Å². The van der Waals surface area contributed by atoms with Crippen molar-refractivity contribution >= 4 is 33.6 Å². The largest absolute Gasteiger partial charge is 0.443 e. The van der Waals surface area contributed by atoms with Crippen molar-refractivity contribution < 1.29 is 14.3 Å². The third-order valence-corrected chi connectivity index (χ3v) is 5.35. The first-order valence-electron chi connectivity index (χ1n) is 9.16. The van der Waals surface area contributed by atoms with Gasteiger partial charge in [0.25, 0.3) is 5.91 Å². The van der Waals surface area contributed by atoms with Gasteiger partial charge < -0.3 is 4.74 Å². The smallest absolute Gasteiger partial charge is 0.421 e. The van der Waals surface area contributed by atoms with E-state index in [9.17, 15) is 9.59 Å². The summed E-state index contributed by atoms with van der Waals surface area (Å²) in [5, 5.41) is 0. The number of ether oxygens (including phenoxy) is 1. The summed E-state index contributed by atoms with van der Waals surface area (Å²) >= 11 is 3.46. The van der Waals surface area contributed by atoms with Crippen molar-refractivity contribution in [3.05, 3.63) is 76.3 Å². The molecule has 0 saturated heterocycles. The molecule has 1 aliphatic rings. The molecule has 0 N–H and O–H groups in total. The maximum absolute atomic E-state index is 13.8. The molecule has 0 unspecified atom stereocenters. The minimum atomic E-state index is -1.01. The molecule has 146 valence electrons. The lowest BCUT2D eigenvalue weighted by molar-refractivity contribution is -0.121. The quantitative estimate of drug-likeness (QED) is 0.556. The van der Waals surface area contributed by atoms with E-state index in [1.165, 1.54) is 4.90 Å². The fourth-order valence-electron chi connectivity index (χ4n) is 3.79. The monoisotopic (exact) mass is 441 g/mol. The SMILES string of the molecule is C=CC[C@]1(c2ccccc2C)C(=O)N(C(=O)OC(C)(C)C)c2cc(Br)ccc21. The van der Waals surface area contributed by atoms with E-state index >= 15 is 0 Å². The molecule has 2 aromatic rings. The molecular weight excluding hydrogens is 418 g/mol. The van der Waals surface area contributed by atoms with Crippen molar-refractivity contribution in [3.8, 4) is 0 Å². The minimum absolute atomic E-state index is 0.316. The molecule has 3 rings (SSSR count). The molecule has 1 atom stereocenters. The molecule has 0 spiro atoms. The highest BCUT2D eigenvalue weighted by Gasteiger charge is 2.54. The third-order valence-electron chi connectivity index (χ3n) is 4.86. The van der Waals surface area contributed by atoms with Gasteiger partial charge in [0.15, 0.2) is 0 Å². The van der Waals surface area contributed by atoms with Crippen LogP contribution in [0, 0.1) is 6.92 Å². The van der Waals surface area contributed by atoms with Crippen molar-refractivity contribution in [2.45, 2.75) is 45.1 Å². The molecule has 0 saturated carbocycles. The molecule has 0 aliphatic carbocycles. The number of allylic oxidation sites excluding steroid dienone is 1.